The van der Waals surface area contributed by atoms with Crippen molar-refractivity contribution in [3.05, 3.63) is 36.5 Å². The largest absolute Gasteiger partial charge is 0.311 e. The molecule has 1 atom stereocenters. The van der Waals surface area contributed by atoms with E-state index in [0.717, 1.165) is 16.6 Å². The molecule has 1 unspecified atom stereocenters. The number of carbonyl (C=O) groups is 2. The number of benzene rings is 1. The molecule has 1 amide bonds. The van der Waals surface area contributed by atoms with E-state index in [1.807, 2.05) is 30.3 Å². The first-order chi connectivity index (χ1) is 9.65. The summed E-state index contributed by atoms with van der Waals surface area (Å²) in [5, 5.41) is 1.08. The summed E-state index contributed by atoms with van der Waals surface area (Å²) in [6, 6.07) is 9.63. The molecule has 3 rings (SSSR count). The fraction of sp³-hybridized carbons (Fsp3) is 0.267. The maximum absolute atomic E-state index is 12.2. The summed E-state index contributed by atoms with van der Waals surface area (Å²) in [7, 11) is 0. The zero-order valence-corrected chi connectivity index (χ0v) is 11.9. The number of carbonyl (C=O) groups excluding carboxylic acids is 2. The van der Waals surface area contributed by atoms with Crippen molar-refractivity contribution in [2.75, 3.05) is 11.4 Å². The summed E-state index contributed by atoms with van der Waals surface area (Å²) in [5.74, 6) is 0.0695. The number of pyridine rings is 1. The fourth-order valence-electron chi connectivity index (χ4n) is 2.54. The molecular formula is C15H14N2O2S. The highest BCUT2D eigenvalue weighted by atomic mass is 32.2. The molecule has 102 valence electrons. The Morgan fingerprint density at radius 2 is 2.15 bits per heavy atom. The van der Waals surface area contributed by atoms with E-state index in [9.17, 15) is 9.59 Å². The summed E-state index contributed by atoms with van der Waals surface area (Å²) >= 11 is 1.25. The molecule has 0 aliphatic carbocycles. The van der Waals surface area contributed by atoms with E-state index in [1.54, 1.807) is 18.0 Å². The number of hydrogen-bond donors (Lipinski definition) is 0. The van der Waals surface area contributed by atoms with Crippen molar-refractivity contribution in [1.29, 1.82) is 0 Å². The van der Waals surface area contributed by atoms with E-state index in [4.69, 9.17) is 0 Å². The summed E-state index contributed by atoms with van der Waals surface area (Å²) in [4.78, 5) is 29.5. The Labute approximate surface area is 121 Å². The van der Waals surface area contributed by atoms with Crippen molar-refractivity contribution < 1.29 is 9.59 Å². The Hall–Kier alpha value is -1.88. The van der Waals surface area contributed by atoms with Crippen molar-refractivity contribution in [3.8, 4) is 0 Å². The lowest BCUT2D eigenvalue weighted by Gasteiger charge is -2.18. The fourth-order valence-corrected chi connectivity index (χ4v) is 3.46. The number of nitrogens with zero attached hydrogens (tertiary/aromatic N) is 2. The number of rotatable bonds is 2. The minimum Gasteiger partial charge on any atom is -0.311 e. The molecular weight excluding hydrogens is 272 g/mol. The van der Waals surface area contributed by atoms with Crippen LogP contribution in [0, 0.1) is 0 Å². The second-order valence-electron chi connectivity index (χ2n) is 4.79. The number of thioether (sulfide) groups is 1. The van der Waals surface area contributed by atoms with Gasteiger partial charge in [-0.3, -0.25) is 14.6 Å². The van der Waals surface area contributed by atoms with Crippen LogP contribution in [0.5, 0.6) is 0 Å². The highest BCUT2D eigenvalue weighted by Gasteiger charge is 2.32. The van der Waals surface area contributed by atoms with Gasteiger partial charge in [-0.1, -0.05) is 30.0 Å². The number of aromatic nitrogens is 1. The first-order valence-electron chi connectivity index (χ1n) is 6.46. The van der Waals surface area contributed by atoms with E-state index in [-0.39, 0.29) is 16.3 Å². The Morgan fingerprint density at radius 3 is 2.95 bits per heavy atom. The molecule has 1 saturated heterocycles. The zero-order valence-electron chi connectivity index (χ0n) is 11.1. The lowest BCUT2D eigenvalue weighted by atomic mass is 10.2. The van der Waals surface area contributed by atoms with Crippen molar-refractivity contribution in [2.24, 2.45) is 0 Å². The molecule has 0 N–H and O–H groups in total. The van der Waals surface area contributed by atoms with Gasteiger partial charge in [0.15, 0.2) is 5.12 Å². The van der Waals surface area contributed by atoms with Crippen molar-refractivity contribution in [2.45, 2.75) is 18.6 Å². The summed E-state index contributed by atoms with van der Waals surface area (Å²) < 4.78 is 0. The molecule has 0 spiro atoms. The van der Waals surface area contributed by atoms with Crippen molar-refractivity contribution >= 4 is 39.4 Å². The standard InChI is InChI=1S/C15H14N2O2S/c1-10(18)20-11-8-15(19)17(9-11)14-6-7-16-13-5-3-2-4-12(13)14/h2-7,11H,8-9H2,1H3. The number of hydrogen-bond acceptors (Lipinski definition) is 4. The average Bonchev–Trinajstić information content (AvgIpc) is 2.78. The van der Waals surface area contributed by atoms with Gasteiger partial charge in [0.05, 0.1) is 11.2 Å². The molecule has 1 aromatic heterocycles. The van der Waals surface area contributed by atoms with E-state index >= 15 is 0 Å². The van der Waals surface area contributed by atoms with Gasteiger partial charge >= 0.3 is 0 Å². The second-order valence-corrected chi connectivity index (χ2v) is 6.26. The molecule has 1 aromatic carbocycles. The smallest absolute Gasteiger partial charge is 0.228 e. The van der Waals surface area contributed by atoms with Gasteiger partial charge in [0.1, 0.15) is 0 Å². The van der Waals surface area contributed by atoms with Gasteiger partial charge in [-0.2, -0.15) is 0 Å². The van der Waals surface area contributed by atoms with Crippen LogP contribution in [0.3, 0.4) is 0 Å². The Morgan fingerprint density at radius 1 is 1.35 bits per heavy atom. The first kappa shape index (κ1) is 13.1. The third-order valence-electron chi connectivity index (χ3n) is 3.34. The van der Waals surface area contributed by atoms with Crippen LogP contribution in [0.1, 0.15) is 13.3 Å². The minimum atomic E-state index is 0.0481. The van der Waals surface area contributed by atoms with Crippen LogP contribution in [0.15, 0.2) is 36.5 Å². The molecule has 4 nitrogen and oxygen atoms in total. The van der Waals surface area contributed by atoms with Crippen LogP contribution in [0.25, 0.3) is 10.9 Å². The van der Waals surface area contributed by atoms with Gasteiger partial charge in [0, 0.05) is 36.7 Å². The van der Waals surface area contributed by atoms with E-state index in [1.165, 1.54) is 11.8 Å². The molecule has 5 heteroatoms. The highest BCUT2D eigenvalue weighted by molar-refractivity contribution is 8.14. The van der Waals surface area contributed by atoms with Crippen LogP contribution in [0.2, 0.25) is 0 Å². The highest BCUT2D eigenvalue weighted by Crippen LogP contribution is 2.32. The van der Waals surface area contributed by atoms with Gasteiger partial charge in [-0.05, 0) is 12.1 Å². The predicted molar refractivity (Wildman–Crippen MR) is 80.8 cm³/mol. The molecule has 0 saturated carbocycles. The van der Waals surface area contributed by atoms with Crippen LogP contribution in [-0.4, -0.2) is 27.8 Å². The second kappa shape index (κ2) is 5.25. The van der Waals surface area contributed by atoms with E-state index < -0.39 is 0 Å². The molecule has 0 radical (unpaired) electrons. The molecule has 20 heavy (non-hydrogen) atoms. The molecule has 1 aliphatic rings. The Kier molecular flexibility index (Phi) is 3.44. The molecule has 2 heterocycles. The van der Waals surface area contributed by atoms with Crippen LogP contribution < -0.4 is 4.90 Å². The van der Waals surface area contributed by atoms with Gasteiger partial charge in [-0.25, -0.2) is 0 Å². The van der Waals surface area contributed by atoms with E-state index in [0.29, 0.717) is 13.0 Å². The van der Waals surface area contributed by atoms with Crippen LogP contribution >= 0.6 is 11.8 Å². The summed E-state index contributed by atoms with van der Waals surface area (Å²) in [5.41, 5.74) is 1.76. The molecule has 1 aliphatic heterocycles. The SMILES string of the molecule is CC(=O)SC1CC(=O)N(c2ccnc3ccccc23)C1. The minimum absolute atomic E-state index is 0.0481. The number of amides is 1. The summed E-state index contributed by atoms with van der Waals surface area (Å²) in [6.45, 7) is 2.12. The Bertz CT molecular complexity index is 681. The summed E-state index contributed by atoms with van der Waals surface area (Å²) in [6.07, 6.45) is 2.14. The maximum atomic E-state index is 12.2. The molecule has 1 fully saturated rings. The lowest BCUT2D eigenvalue weighted by Crippen LogP contribution is -2.25. The van der Waals surface area contributed by atoms with Gasteiger partial charge < -0.3 is 4.90 Å². The van der Waals surface area contributed by atoms with Crippen molar-refractivity contribution in [3.63, 3.8) is 0 Å². The van der Waals surface area contributed by atoms with Gasteiger partial charge in [0.25, 0.3) is 0 Å². The van der Waals surface area contributed by atoms with Gasteiger partial charge in [0.2, 0.25) is 5.91 Å². The van der Waals surface area contributed by atoms with Crippen LogP contribution in [-0.2, 0) is 9.59 Å². The first-order valence-corrected chi connectivity index (χ1v) is 7.34. The third kappa shape index (κ3) is 2.41. The van der Waals surface area contributed by atoms with E-state index in [2.05, 4.69) is 4.98 Å². The van der Waals surface area contributed by atoms with Crippen LogP contribution in [0.4, 0.5) is 5.69 Å². The normalized spacial score (nSPS) is 18.8. The number of para-hydroxylation sites is 1. The quantitative estimate of drug-likeness (QED) is 0.851. The lowest BCUT2D eigenvalue weighted by molar-refractivity contribution is -0.117. The average molecular weight is 286 g/mol. The molecule has 0 bridgehead atoms. The maximum Gasteiger partial charge on any atom is 0.228 e. The number of fused-ring (bicyclic) bond motifs is 1. The third-order valence-corrected chi connectivity index (χ3v) is 4.32. The number of anilines is 1. The monoisotopic (exact) mass is 286 g/mol. The Balaban J connectivity index is 1.95. The van der Waals surface area contributed by atoms with Gasteiger partial charge in [-0.15, -0.1) is 0 Å². The zero-order chi connectivity index (χ0) is 14.1. The van der Waals surface area contributed by atoms with Crippen molar-refractivity contribution in [1.82, 2.24) is 4.98 Å². The topological polar surface area (TPSA) is 50.3 Å². The predicted octanol–water partition coefficient (Wildman–Crippen LogP) is 2.62. The molecule has 2 aromatic rings.